The third-order valence-electron chi connectivity index (χ3n) is 6.09. The number of hydrogen-bond donors (Lipinski definition) is 3. The fraction of sp³-hybridized carbons (Fsp3) is 0.438. The van der Waals surface area contributed by atoms with Gasteiger partial charge in [0.05, 0.1) is 18.8 Å². The Balaban J connectivity index is 1.60. The van der Waals surface area contributed by atoms with Crippen molar-refractivity contribution >= 4 is 11.9 Å². The summed E-state index contributed by atoms with van der Waals surface area (Å²) in [5.41, 5.74) is 3.09. The highest BCUT2D eigenvalue weighted by atomic mass is 32.2. The number of benzene rings is 2. The molecule has 2 aromatic rings. The van der Waals surface area contributed by atoms with Gasteiger partial charge in [-0.2, -0.15) is 0 Å². The monoisotopic (exact) mass is 552 g/mol. The van der Waals surface area contributed by atoms with E-state index in [1.165, 1.54) is 17.5 Å². The van der Waals surface area contributed by atoms with Gasteiger partial charge in [-0.05, 0) is 113 Å². The highest BCUT2D eigenvalue weighted by Crippen LogP contribution is 2.25. The van der Waals surface area contributed by atoms with Crippen molar-refractivity contribution in [2.24, 2.45) is 0 Å². The molecule has 0 radical (unpaired) electrons. The Bertz CT molecular complexity index is 1120. The number of aliphatic hydroxyl groups excluding tert-OH is 1. The Hall–Kier alpha value is -2.87. The van der Waals surface area contributed by atoms with Crippen LogP contribution in [0.2, 0.25) is 0 Å². The molecular weight excluding hydrogens is 508 g/mol. The van der Waals surface area contributed by atoms with E-state index in [1.807, 2.05) is 77.1 Å². The standard InChI is InChI=1S/C32H44N2O4S/c1-7-36-31-20-28(18-13-23(31)2)39-33-21-30(35)29(34-24(3)38-32(4,5)6)19-25-14-16-27(17-15-25)37-22-26-11-9-8-10-12-26/h8-9,11,13-18,20,29-30,33-35H,3,7,10,12,19,21-22H2,1-2,4-6H3. The molecule has 0 amide bonds. The molecule has 2 atom stereocenters. The minimum absolute atomic E-state index is 0.309. The fourth-order valence-electron chi connectivity index (χ4n) is 4.12. The molecule has 1 aliphatic rings. The number of hydrogen-bond acceptors (Lipinski definition) is 7. The van der Waals surface area contributed by atoms with E-state index in [-0.39, 0.29) is 11.6 Å². The van der Waals surface area contributed by atoms with Crippen LogP contribution in [0.3, 0.4) is 0 Å². The smallest absolute Gasteiger partial charge is 0.180 e. The minimum Gasteiger partial charge on any atom is -0.494 e. The van der Waals surface area contributed by atoms with Crippen LogP contribution in [0, 0.1) is 6.92 Å². The molecule has 0 aliphatic heterocycles. The van der Waals surface area contributed by atoms with Crippen LogP contribution in [0.25, 0.3) is 0 Å². The topological polar surface area (TPSA) is 72.0 Å². The predicted molar refractivity (Wildman–Crippen MR) is 161 cm³/mol. The second kappa shape index (κ2) is 15.1. The molecule has 2 aromatic carbocycles. The maximum absolute atomic E-state index is 11.2. The van der Waals surface area contributed by atoms with E-state index in [4.69, 9.17) is 14.2 Å². The van der Waals surface area contributed by atoms with Gasteiger partial charge in [-0.1, -0.05) is 36.4 Å². The Morgan fingerprint density at radius 2 is 1.90 bits per heavy atom. The van der Waals surface area contributed by atoms with Crippen LogP contribution < -0.4 is 19.5 Å². The molecule has 0 saturated carbocycles. The summed E-state index contributed by atoms with van der Waals surface area (Å²) in [7, 11) is 0. The summed E-state index contributed by atoms with van der Waals surface area (Å²) in [4.78, 5) is 1.02. The Morgan fingerprint density at radius 1 is 1.13 bits per heavy atom. The van der Waals surface area contributed by atoms with Crippen molar-refractivity contribution < 1.29 is 19.3 Å². The van der Waals surface area contributed by atoms with Crippen molar-refractivity contribution in [3.63, 3.8) is 0 Å². The van der Waals surface area contributed by atoms with Gasteiger partial charge < -0.3 is 24.6 Å². The summed E-state index contributed by atoms with van der Waals surface area (Å²) in [6.45, 7) is 15.6. The van der Waals surface area contributed by atoms with Crippen LogP contribution in [-0.2, 0) is 11.2 Å². The van der Waals surface area contributed by atoms with Crippen LogP contribution in [-0.4, -0.2) is 42.6 Å². The van der Waals surface area contributed by atoms with Crippen molar-refractivity contribution in [3.05, 3.63) is 89.9 Å². The molecule has 0 fully saturated rings. The Morgan fingerprint density at radius 3 is 2.56 bits per heavy atom. The molecule has 39 heavy (non-hydrogen) atoms. The number of allylic oxidation sites excluding steroid dienone is 3. The number of aryl methyl sites for hydroxylation is 1. The molecule has 0 aromatic heterocycles. The largest absolute Gasteiger partial charge is 0.494 e. The second-order valence-corrected chi connectivity index (χ2v) is 11.7. The lowest BCUT2D eigenvalue weighted by atomic mass is 10.0. The van der Waals surface area contributed by atoms with Crippen LogP contribution >= 0.6 is 11.9 Å². The first-order valence-corrected chi connectivity index (χ1v) is 14.5. The minimum atomic E-state index is -0.697. The molecule has 0 spiro atoms. The lowest BCUT2D eigenvalue weighted by Gasteiger charge is -2.30. The van der Waals surface area contributed by atoms with Crippen LogP contribution in [0.15, 0.2) is 83.6 Å². The predicted octanol–water partition coefficient (Wildman–Crippen LogP) is 6.49. The summed E-state index contributed by atoms with van der Waals surface area (Å²) < 4.78 is 20.9. The highest BCUT2D eigenvalue weighted by molar-refractivity contribution is 7.97. The average Bonchev–Trinajstić information content (AvgIpc) is 2.89. The molecule has 6 nitrogen and oxygen atoms in total. The van der Waals surface area contributed by atoms with Crippen molar-refractivity contribution in [2.45, 2.75) is 76.5 Å². The summed E-state index contributed by atoms with van der Waals surface area (Å²) in [6, 6.07) is 13.9. The van der Waals surface area contributed by atoms with E-state index >= 15 is 0 Å². The third kappa shape index (κ3) is 11.0. The summed E-state index contributed by atoms with van der Waals surface area (Å²) in [5, 5.41) is 14.5. The van der Waals surface area contributed by atoms with Gasteiger partial charge in [0.1, 0.15) is 23.7 Å². The third-order valence-corrected chi connectivity index (χ3v) is 6.89. The van der Waals surface area contributed by atoms with E-state index in [9.17, 15) is 5.11 Å². The molecule has 1 aliphatic carbocycles. The van der Waals surface area contributed by atoms with E-state index in [0.717, 1.165) is 40.4 Å². The van der Waals surface area contributed by atoms with Crippen LogP contribution in [0.5, 0.6) is 11.5 Å². The molecule has 3 rings (SSSR count). The first kappa shape index (κ1) is 30.7. The molecule has 7 heteroatoms. The number of aliphatic hydroxyl groups is 1. The van der Waals surface area contributed by atoms with Crippen LogP contribution in [0.1, 0.15) is 51.7 Å². The molecular formula is C32H44N2O4S. The van der Waals surface area contributed by atoms with Gasteiger partial charge in [0, 0.05) is 11.4 Å². The second-order valence-electron chi connectivity index (χ2n) is 10.7. The van der Waals surface area contributed by atoms with E-state index in [2.05, 4.69) is 34.8 Å². The summed E-state index contributed by atoms with van der Waals surface area (Å²) in [5.74, 6) is 2.15. The van der Waals surface area contributed by atoms with Crippen molar-refractivity contribution in [1.29, 1.82) is 0 Å². The molecule has 2 unspecified atom stereocenters. The highest BCUT2D eigenvalue weighted by Gasteiger charge is 2.22. The zero-order valence-electron chi connectivity index (χ0n) is 24.0. The zero-order valence-corrected chi connectivity index (χ0v) is 24.8. The molecule has 0 saturated heterocycles. The average molecular weight is 553 g/mol. The lowest BCUT2D eigenvalue weighted by Crippen LogP contribution is -2.46. The Labute approximate surface area is 238 Å². The van der Waals surface area contributed by atoms with Gasteiger partial charge >= 0.3 is 0 Å². The molecule has 0 bridgehead atoms. The van der Waals surface area contributed by atoms with Crippen molar-refractivity contribution in [3.8, 4) is 11.5 Å². The SMILES string of the molecule is C=C(NC(Cc1ccc(OCC2=CC=CCC2)cc1)C(O)CNSc1ccc(C)c(OCC)c1)OC(C)(C)C. The molecule has 212 valence electrons. The van der Waals surface area contributed by atoms with Gasteiger partial charge in [-0.15, -0.1) is 0 Å². The lowest BCUT2D eigenvalue weighted by molar-refractivity contribution is 0.0294. The Kier molecular flexibility index (Phi) is 11.8. The fourth-order valence-corrected chi connectivity index (χ4v) is 4.84. The maximum Gasteiger partial charge on any atom is 0.180 e. The van der Waals surface area contributed by atoms with Gasteiger partial charge in [-0.25, -0.2) is 0 Å². The van der Waals surface area contributed by atoms with Gasteiger partial charge in [0.25, 0.3) is 0 Å². The quantitative estimate of drug-likeness (QED) is 0.172. The summed E-state index contributed by atoms with van der Waals surface area (Å²) >= 11 is 1.47. The van der Waals surface area contributed by atoms with Gasteiger partial charge in [-0.3, -0.25) is 4.72 Å². The summed E-state index contributed by atoms with van der Waals surface area (Å²) in [6.07, 6.45) is 8.41. The van der Waals surface area contributed by atoms with Gasteiger partial charge in [0.2, 0.25) is 0 Å². The molecule has 3 N–H and O–H groups in total. The first-order valence-electron chi connectivity index (χ1n) is 13.6. The number of ether oxygens (including phenoxy) is 3. The normalized spacial score (nSPS) is 14.8. The van der Waals surface area contributed by atoms with Crippen molar-refractivity contribution in [2.75, 3.05) is 19.8 Å². The van der Waals surface area contributed by atoms with E-state index < -0.39 is 6.10 Å². The van der Waals surface area contributed by atoms with Crippen molar-refractivity contribution in [1.82, 2.24) is 10.0 Å². The van der Waals surface area contributed by atoms with E-state index in [0.29, 0.717) is 32.1 Å². The number of nitrogens with one attached hydrogen (secondary N) is 2. The maximum atomic E-state index is 11.2. The molecule has 0 heterocycles. The first-order chi connectivity index (χ1) is 18.6. The van der Waals surface area contributed by atoms with Gasteiger partial charge in [0.15, 0.2) is 5.88 Å². The van der Waals surface area contributed by atoms with Crippen LogP contribution in [0.4, 0.5) is 0 Å². The van der Waals surface area contributed by atoms with E-state index in [1.54, 1.807) is 0 Å². The zero-order chi connectivity index (χ0) is 28.3. The number of rotatable bonds is 15.